The number of urea groups is 1. The normalized spacial score (nSPS) is 11.1. The summed E-state index contributed by atoms with van der Waals surface area (Å²) in [5.74, 6) is 0.159. The van der Waals surface area contributed by atoms with Crippen LogP contribution in [0.5, 0.6) is 5.75 Å². The van der Waals surface area contributed by atoms with E-state index in [-0.39, 0.29) is 17.9 Å². The van der Waals surface area contributed by atoms with Crippen LogP contribution in [0.2, 0.25) is 0 Å². The molecule has 2 N–H and O–H groups in total. The van der Waals surface area contributed by atoms with Gasteiger partial charge in [-0.25, -0.2) is 9.78 Å². The average Bonchev–Trinajstić information content (AvgIpc) is 2.81. The number of ether oxygens (including phenoxy) is 1. The minimum Gasteiger partial charge on any atom is -0.405 e. The van der Waals surface area contributed by atoms with E-state index in [1.165, 1.54) is 18.2 Å². The van der Waals surface area contributed by atoms with Gasteiger partial charge in [0.15, 0.2) is 0 Å². The Morgan fingerprint density at radius 2 is 2.09 bits per heavy atom. The van der Waals surface area contributed by atoms with E-state index in [0.29, 0.717) is 11.0 Å². The fourth-order valence-electron chi connectivity index (χ4n) is 1.54. The van der Waals surface area contributed by atoms with Crippen molar-refractivity contribution in [3.63, 3.8) is 0 Å². The van der Waals surface area contributed by atoms with E-state index >= 15 is 0 Å². The number of aryl methyl sites for hydroxylation is 1. The Labute approximate surface area is 127 Å². The first-order chi connectivity index (χ1) is 10.3. The summed E-state index contributed by atoms with van der Waals surface area (Å²) >= 11 is 1.00. The number of alkyl halides is 3. The minimum atomic E-state index is -4.79. The Kier molecular flexibility index (Phi) is 4.81. The molecule has 0 aliphatic heterocycles. The van der Waals surface area contributed by atoms with Crippen LogP contribution in [0.4, 0.5) is 23.1 Å². The van der Waals surface area contributed by atoms with Gasteiger partial charge >= 0.3 is 12.4 Å². The Hall–Kier alpha value is -2.36. The number of benzene rings is 1. The van der Waals surface area contributed by atoms with Gasteiger partial charge in [-0.15, -0.1) is 13.2 Å². The van der Waals surface area contributed by atoms with E-state index in [1.807, 2.05) is 0 Å². The maximum atomic E-state index is 12.3. The minimum absolute atomic E-state index is 0.129. The molecule has 6 nitrogen and oxygen atoms in total. The summed E-state index contributed by atoms with van der Waals surface area (Å²) in [6.45, 7) is 1.54. The molecule has 0 radical (unpaired) electrons. The third-order valence-corrected chi connectivity index (χ3v) is 3.11. The maximum Gasteiger partial charge on any atom is 0.573 e. The van der Waals surface area contributed by atoms with E-state index in [1.54, 1.807) is 13.0 Å². The van der Waals surface area contributed by atoms with Crippen molar-refractivity contribution >= 4 is 22.7 Å². The van der Waals surface area contributed by atoms with Crippen LogP contribution in [0, 0.1) is 6.92 Å². The Morgan fingerprint density at radius 1 is 1.36 bits per heavy atom. The molecule has 1 heterocycles. The van der Waals surface area contributed by atoms with Gasteiger partial charge in [-0.05, 0) is 13.0 Å². The number of carbonyl (C=O) groups excluding carboxylic acids is 1. The molecule has 2 rings (SSSR count). The van der Waals surface area contributed by atoms with Crippen LogP contribution in [-0.4, -0.2) is 21.8 Å². The van der Waals surface area contributed by atoms with E-state index in [9.17, 15) is 18.0 Å². The number of carbonyl (C=O) groups is 1. The summed E-state index contributed by atoms with van der Waals surface area (Å²) in [5, 5.41) is 5.16. The first-order valence-corrected chi connectivity index (χ1v) is 6.79. The smallest absolute Gasteiger partial charge is 0.405 e. The molecule has 0 atom stereocenters. The number of nitrogens with zero attached hydrogens (tertiary/aromatic N) is 2. The summed E-state index contributed by atoms with van der Waals surface area (Å²) in [7, 11) is 0. The molecule has 0 unspecified atom stereocenters. The number of aromatic nitrogens is 2. The SMILES string of the molecule is Cc1nsc(NC(=O)NCc2ccccc2OC(F)(F)F)n1. The molecule has 1 aromatic heterocycles. The summed E-state index contributed by atoms with van der Waals surface area (Å²) in [4.78, 5) is 15.6. The second-order valence-electron chi connectivity index (χ2n) is 4.11. The summed E-state index contributed by atoms with van der Waals surface area (Å²) in [6, 6.07) is 4.96. The molecule has 2 aromatic rings. The van der Waals surface area contributed by atoms with Crippen LogP contribution in [0.1, 0.15) is 11.4 Å². The van der Waals surface area contributed by atoms with Gasteiger partial charge in [-0.3, -0.25) is 5.32 Å². The quantitative estimate of drug-likeness (QED) is 0.902. The van der Waals surface area contributed by atoms with E-state index < -0.39 is 12.4 Å². The predicted octanol–water partition coefficient (Wildman–Crippen LogP) is 3.07. The lowest BCUT2D eigenvalue weighted by Crippen LogP contribution is -2.28. The maximum absolute atomic E-state index is 12.3. The molecule has 0 fully saturated rings. The number of para-hydroxylation sites is 1. The zero-order valence-corrected chi connectivity index (χ0v) is 12.1. The van der Waals surface area contributed by atoms with E-state index in [0.717, 1.165) is 11.5 Å². The molecule has 1 aromatic carbocycles. The van der Waals surface area contributed by atoms with Gasteiger partial charge in [0, 0.05) is 23.6 Å². The topological polar surface area (TPSA) is 76.1 Å². The van der Waals surface area contributed by atoms with Crippen molar-refractivity contribution in [2.45, 2.75) is 19.8 Å². The van der Waals surface area contributed by atoms with E-state index in [4.69, 9.17) is 0 Å². The highest BCUT2D eigenvalue weighted by molar-refractivity contribution is 7.09. The summed E-state index contributed by atoms with van der Waals surface area (Å²) < 4.78 is 44.6. The molecule has 0 spiro atoms. The van der Waals surface area contributed by atoms with Crippen molar-refractivity contribution < 1.29 is 22.7 Å². The van der Waals surface area contributed by atoms with Gasteiger partial charge in [0.2, 0.25) is 5.13 Å². The number of hydrogen-bond donors (Lipinski definition) is 2. The lowest BCUT2D eigenvalue weighted by atomic mass is 10.2. The van der Waals surface area contributed by atoms with E-state index in [2.05, 4.69) is 24.7 Å². The van der Waals surface area contributed by atoms with Gasteiger partial charge in [0.1, 0.15) is 11.6 Å². The highest BCUT2D eigenvalue weighted by atomic mass is 32.1. The van der Waals surface area contributed by atoms with Crippen molar-refractivity contribution in [1.29, 1.82) is 0 Å². The van der Waals surface area contributed by atoms with Gasteiger partial charge < -0.3 is 10.1 Å². The molecule has 0 bridgehead atoms. The van der Waals surface area contributed by atoms with Crippen molar-refractivity contribution in [2.75, 3.05) is 5.32 Å². The lowest BCUT2D eigenvalue weighted by Gasteiger charge is -2.13. The molecule has 118 valence electrons. The second-order valence-corrected chi connectivity index (χ2v) is 4.86. The predicted molar refractivity (Wildman–Crippen MR) is 73.6 cm³/mol. The molecule has 0 aliphatic carbocycles. The molecule has 0 aliphatic rings. The van der Waals surface area contributed by atoms with Crippen LogP contribution in [0.15, 0.2) is 24.3 Å². The van der Waals surface area contributed by atoms with Gasteiger partial charge in [-0.2, -0.15) is 4.37 Å². The van der Waals surface area contributed by atoms with Crippen LogP contribution in [0.3, 0.4) is 0 Å². The van der Waals surface area contributed by atoms with Crippen molar-refractivity contribution in [1.82, 2.24) is 14.7 Å². The standard InChI is InChI=1S/C12H11F3N4O2S/c1-7-17-11(22-19-7)18-10(20)16-6-8-4-2-3-5-9(8)21-12(13,14)15/h2-5H,6H2,1H3,(H2,16,17,18,19,20). The number of amides is 2. The first-order valence-electron chi connectivity index (χ1n) is 6.02. The molecular formula is C12H11F3N4O2S. The zero-order chi connectivity index (χ0) is 16.2. The third kappa shape index (κ3) is 4.88. The molecule has 0 saturated heterocycles. The fraction of sp³-hybridized carbons (Fsp3) is 0.250. The summed E-state index contributed by atoms with van der Waals surface area (Å²) in [5.41, 5.74) is 0.198. The second kappa shape index (κ2) is 6.60. The number of hydrogen-bond acceptors (Lipinski definition) is 5. The zero-order valence-electron chi connectivity index (χ0n) is 11.3. The summed E-state index contributed by atoms with van der Waals surface area (Å²) in [6.07, 6.45) is -4.79. The van der Waals surface area contributed by atoms with Gasteiger partial charge in [0.05, 0.1) is 0 Å². The third-order valence-electron chi connectivity index (χ3n) is 2.39. The van der Waals surface area contributed by atoms with Gasteiger partial charge in [0.25, 0.3) is 0 Å². The molecule has 2 amide bonds. The first kappa shape index (κ1) is 16.0. The van der Waals surface area contributed by atoms with Crippen LogP contribution < -0.4 is 15.4 Å². The number of nitrogens with one attached hydrogen (secondary N) is 2. The number of rotatable bonds is 4. The lowest BCUT2D eigenvalue weighted by molar-refractivity contribution is -0.274. The number of anilines is 1. The highest BCUT2D eigenvalue weighted by Crippen LogP contribution is 2.26. The van der Waals surface area contributed by atoms with Crippen LogP contribution >= 0.6 is 11.5 Å². The number of halogens is 3. The monoisotopic (exact) mass is 332 g/mol. The van der Waals surface area contributed by atoms with Gasteiger partial charge in [-0.1, -0.05) is 18.2 Å². The Morgan fingerprint density at radius 3 is 2.73 bits per heavy atom. The molecular weight excluding hydrogens is 321 g/mol. The van der Waals surface area contributed by atoms with Crippen LogP contribution in [-0.2, 0) is 6.54 Å². The molecule has 22 heavy (non-hydrogen) atoms. The molecule has 10 heteroatoms. The largest absolute Gasteiger partial charge is 0.573 e. The Balaban J connectivity index is 1.95. The average molecular weight is 332 g/mol. The van der Waals surface area contributed by atoms with Crippen LogP contribution in [0.25, 0.3) is 0 Å². The van der Waals surface area contributed by atoms with Crippen molar-refractivity contribution in [3.8, 4) is 5.75 Å². The fourth-order valence-corrected chi connectivity index (χ4v) is 2.11. The highest BCUT2D eigenvalue weighted by Gasteiger charge is 2.31. The van der Waals surface area contributed by atoms with Crippen molar-refractivity contribution in [2.24, 2.45) is 0 Å². The Bertz CT molecular complexity index is 660. The molecule has 0 saturated carbocycles. The van der Waals surface area contributed by atoms with Crippen molar-refractivity contribution in [3.05, 3.63) is 35.7 Å².